The van der Waals surface area contributed by atoms with E-state index in [0.29, 0.717) is 11.6 Å². The molecule has 2 aromatic heterocycles. The summed E-state index contributed by atoms with van der Waals surface area (Å²) in [5.41, 5.74) is 0. The van der Waals surface area contributed by atoms with Gasteiger partial charge in [0.25, 0.3) is 0 Å². The first-order valence-electron chi connectivity index (χ1n) is 4.22. The fourth-order valence-electron chi connectivity index (χ4n) is 0.943. The van der Waals surface area contributed by atoms with Crippen LogP contribution in [0.3, 0.4) is 0 Å². The molecule has 0 atom stereocenters. The number of tetrazole rings is 2. The second-order valence-corrected chi connectivity index (χ2v) is 2.57. The van der Waals surface area contributed by atoms with Crippen LogP contribution in [0.1, 0.15) is 18.6 Å². The van der Waals surface area contributed by atoms with Crippen LogP contribution in [0.2, 0.25) is 0 Å². The molecule has 0 spiro atoms. The lowest BCUT2D eigenvalue weighted by Crippen LogP contribution is -1.92. The van der Waals surface area contributed by atoms with Gasteiger partial charge < -0.3 is 0 Å². The number of allylic oxidation sites excluding steroid dienone is 1. The molecule has 1 N–H and O–H groups in total. The van der Waals surface area contributed by atoms with Crippen LogP contribution in [0.4, 0.5) is 0 Å². The second kappa shape index (κ2) is 4.22. The maximum atomic E-state index is 3.81. The Morgan fingerprint density at radius 3 is 2.93 bits per heavy atom. The number of nitrogens with zero attached hydrogens (tertiary/aromatic N) is 7. The molecule has 0 radical (unpaired) electrons. The van der Waals surface area contributed by atoms with Gasteiger partial charge in [0, 0.05) is 12.3 Å². The smallest absolute Gasteiger partial charge is 0.199 e. The molecule has 0 aliphatic carbocycles. The van der Waals surface area contributed by atoms with Crippen molar-refractivity contribution in [1.82, 2.24) is 40.8 Å². The van der Waals surface area contributed by atoms with Crippen LogP contribution in [0.15, 0.2) is 6.08 Å². The third kappa shape index (κ3) is 2.10. The largest absolute Gasteiger partial charge is 0.201 e. The minimum absolute atomic E-state index is 0.469. The van der Waals surface area contributed by atoms with Crippen molar-refractivity contribution in [3.05, 3.63) is 17.7 Å². The van der Waals surface area contributed by atoms with Gasteiger partial charge in [0.1, 0.15) is 0 Å². The van der Waals surface area contributed by atoms with E-state index in [9.17, 15) is 0 Å². The summed E-state index contributed by atoms with van der Waals surface area (Å²) in [7, 11) is 0. The molecule has 0 aliphatic heterocycles. The standard InChI is InChI=1S/C7H8N8/c1-2-3-7-10-13-14-15(7)5-4-6-8-11-12-9-6/h2-5H,1H3,(H,8,9,11,12). The van der Waals surface area contributed by atoms with Gasteiger partial charge in [-0.3, -0.25) is 0 Å². The van der Waals surface area contributed by atoms with Crippen LogP contribution >= 0.6 is 0 Å². The molecule has 0 fully saturated rings. The van der Waals surface area contributed by atoms with E-state index in [4.69, 9.17) is 0 Å². The zero-order valence-electron chi connectivity index (χ0n) is 7.94. The molecule has 0 bridgehead atoms. The highest BCUT2D eigenvalue weighted by atomic mass is 15.5. The highest BCUT2D eigenvalue weighted by Crippen LogP contribution is 1.98. The van der Waals surface area contributed by atoms with Gasteiger partial charge in [-0.05, 0) is 28.6 Å². The second-order valence-electron chi connectivity index (χ2n) is 2.57. The lowest BCUT2D eigenvalue weighted by atomic mass is 10.5. The fourth-order valence-corrected chi connectivity index (χ4v) is 0.943. The van der Waals surface area contributed by atoms with Crippen LogP contribution < -0.4 is 0 Å². The molecule has 0 aliphatic rings. The first-order chi connectivity index (χ1) is 7.40. The predicted molar refractivity (Wildman–Crippen MR) is 51.9 cm³/mol. The number of nitrogens with one attached hydrogen (secondary N) is 1. The number of aromatic amines is 1. The van der Waals surface area contributed by atoms with Crippen molar-refractivity contribution in [2.45, 2.75) is 6.92 Å². The Balaban J connectivity index is 2.20. The van der Waals surface area contributed by atoms with Gasteiger partial charge >= 0.3 is 0 Å². The number of rotatable bonds is 3. The van der Waals surface area contributed by atoms with Gasteiger partial charge in [0.05, 0.1) is 0 Å². The van der Waals surface area contributed by atoms with E-state index in [1.807, 2.05) is 13.0 Å². The third-order valence-electron chi connectivity index (χ3n) is 1.56. The van der Waals surface area contributed by atoms with Crippen LogP contribution in [0, 0.1) is 0 Å². The normalized spacial score (nSPS) is 11.8. The van der Waals surface area contributed by atoms with Crippen molar-refractivity contribution in [3.63, 3.8) is 0 Å². The maximum Gasteiger partial charge on any atom is 0.199 e. The summed E-state index contributed by atoms with van der Waals surface area (Å²) in [6, 6.07) is 0. The van der Waals surface area contributed by atoms with Crippen molar-refractivity contribution in [2.75, 3.05) is 0 Å². The molecule has 8 nitrogen and oxygen atoms in total. The van der Waals surface area contributed by atoms with Crippen LogP contribution in [0.25, 0.3) is 18.4 Å². The highest BCUT2D eigenvalue weighted by molar-refractivity contribution is 5.56. The molecule has 0 saturated carbocycles. The number of aromatic nitrogens is 8. The number of H-pyrrole nitrogens is 1. The molecule has 0 saturated heterocycles. The van der Waals surface area contributed by atoms with E-state index in [0.717, 1.165) is 0 Å². The molecule has 0 unspecified atom stereocenters. The Hall–Kier alpha value is -2.38. The fraction of sp³-hybridized carbons (Fsp3) is 0.143. The predicted octanol–water partition coefficient (Wildman–Crippen LogP) is -0.153. The minimum atomic E-state index is 0.469. The van der Waals surface area contributed by atoms with E-state index < -0.39 is 0 Å². The highest BCUT2D eigenvalue weighted by Gasteiger charge is 1.98. The summed E-state index contributed by atoms with van der Waals surface area (Å²) in [5.74, 6) is 1.11. The van der Waals surface area contributed by atoms with Crippen molar-refractivity contribution in [3.8, 4) is 0 Å². The average Bonchev–Trinajstić information content (AvgIpc) is 2.85. The van der Waals surface area contributed by atoms with E-state index in [2.05, 4.69) is 36.1 Å². The maximum absolute atomic E-state index is 3.81. The molecular weight excluding hydrogens is 196 g/mol. The van der Waals surface area contributed by atoms with Crippen molar-refractivity contribution in [2.24, 2.45) is 0 Å². The van der Waals surface area contributed by atoms with Crippen LogP contribution in [-0.4, -0.2) is 40.8 Å². The molecule has 0 aromatic carbocycles. The van der Waals surface area contributed by atoms with Gasteiger partial charge in [-0.15, -0.1) is 15.3 Å². The van der Waals surface area contributed by atoms with Gasteiger partial charge in [-0.1, -0.05) is 6.08 Å². The van der Waals surface area contributed by atoms with Crippen LogP contribution in [0.5, 0.6) is 0 Å². The molecule has 2 aromatic rings. The Kier molecular flexibility index (Phi) is 2.59. The molecular formula is C7H8N8. The Labute approximate surface area is 84.7 Å². The zero-order valence-corrected chi connectivity index (χ0v) is 7.94. The molecule has 15 heavy (non-hydrogen) atoms. The summed E-state index contributed by atoms with van der Waals surface area (Å²) >= 11 is 0. The Morgan fingerprint density at radius 1 is 1.27 bits per heavy atom. The topological polar surface area (TPSA) is 98.1 Å². The first kappa shape index (κ1) is 9.19. The monoisotopic (exact) mass is 204 g/mol. The van der Waals surface area contributed by atoms with Gasteiger partial charge in [0.2, 0.25) is 0 Å². The van der Waals surface area contributed by atoms with Gasteiger partial charge in [-0.25, -0.2) is 4.68 Å². The van der Waals surface area contributed by atoms with Crippen LogP contribution in [-0.2, 0) is 0 Å². The molecule has 2 rings (SSSR count). The van der Waals surface area contributed by atoms with Gasteiger partial charge in [0.15, 0.2) is 11.6 Å². The Morgan fingerprint density at radius 2 is 2.20 bits per heavy atom. The summed E-state index contributed by atoms with van der Waals surface area (Å²) < 4.78 is 1.51. The molecule has 2 heterocycles. The van der Waals surface area contributed by atoms with E-state index in [1.165, 1.54) is 4.68 Å². The van der Waals surface area contributed by atoms with Gasteiger partial charge in [-0.2, -0.15) is 5.21 Å². The minimum Gasteiger partial charge on any atom is -0.201 e. The number of hydrogen-bond donors (Lipinski definition) is 1. The van der Waals surface area contributed by atoms with E-state index >= 15 is 0 Å². The first-order valence-corrected chi connectivity index (χ1v) is 4.22. The SMILES string of the molecule is CC=Cc1nnnn1C=Cc1nn[nH]n1. The zero-order chi connectivity index (χ0) is 10.5. The lowest BCUT2D eigenvalue weighted by molar-refractivity contribution is 0.818. The summed E-state index contributed by atoms with van der Waals surface area (Å²) in [4.78, 5) is 0. The number of hydrogen-bond acceptors (Lipinski definition) is 6. The summed E-state index contributed by atoms with van der Waals surface area (Å²) in [6.07, 6.45) is 6.94. The Bertz CT molecular complexity index is 465. The lowest BCUT2D eigenvalue weighted by Gasteiger charge is -1.89. The summed E-state index contributed by atoms with van der Waals surface area (Å²) in [5, 5.41) is 24.4. The van der Waals surface area contributed by atoms with Crippen molar-refractivity contribution >= 4 is 18.4 Å². The third-order valence-corrected chi connectivity index (χ3v) is 1.56. The van der Waals surface area contributed by atoms with E-state index in [-0.39, 0.29) is 0 Å². The summed E-state index contributed by atoms with van der Waals surface area (Å²) in [6.45, 7) is 1.89. The van der Waals surface area contributed by atoms with E-state index in [1.54, 1.807) is 18.4 Å². The molecule has 76 valence electrons. The van der Waals surface area contributed by atoms with Crippen molar-refractivity contribution in [1.29, 1.82) is 0 Å². The average molecular weight is 204 g/mol. The molecule has 0 amide bonds. The quantitative estimate of drug-likeness (QED) is 0.746. The molecule has 8 heteroatoms. The van der Waals surface area contributed by atoms with Crippen molar-refractivity contribution < 1.29 is 0 Å².